The van der Waals surface area contributed by atoms with Crippen molar-refractivity contribution in [1.29, 1.82) is 0 Å². The van der Waals surface area contributed by atoms with Gasteiger partial charge in [-0.2, -0.15) is 5.09 Å². The third-order valence-electron chi connectivity index (χ3n) is 7.89. The second kappa shape index (κ2) is 14.1. The molecule has 1 saturated heterocycles. The van der Waals surface area contributed by atoms with Crippen LogP contribution in [0.15, 0.2) is 29.5 Å². The van der Waals surface area contributed by atoms with Gasteiger partial charge in [0.25, 0.3) is 0 Å². The molecule has 5 rings (SSSR count). The number of carbonyl (C=O) groups excluding carboxylic acids is 1. The zero-order valence-electron chi connectivity index (χ0n) is 25.5. The molecule has 2 aromatic rings. The number of hydrogen-bond donors (Lipinski definition) is 4. The molecule has 5 N–H and O–H groups in total. The van der Waals surface area contributed by atoms with E-state index in [1.165, 1.54) is 24.7 Å². The summed E-state index contributed by atoms with van der Waals surface area (Å²) in [6, 6.07) is 2.05. The lowest BCUT2D eigenvalue weighted by molar-refractivity contribution is -0.152. The number of anilines is 1. The number of alkyl halides is 1. The van der Waals surface area contributed by atoms with Gasteiger partial charge in [0.1, 0.15) is 46.9 Å². The van der Waals surface area contributed by atoms with Crippen molar-refractivity contribution >= 4 is 37.1 Å². The lowest BCUT2D eigenvalue weighted by atomic mass is 9.98. The highest BCUT2D eigenvalue weighted by Gasteiger charge is 2.56. The normalized spacial score (nSPS) is 28.5. The fourth-order valence-corrected chi connectivity index (χ4v) is 7.17. The van der Waals surface area contributed by atoms with Crippen LogP contribution in [0.5, 0.6) is 5.75 Å². The molecule has 2 aliphatic heterocycles. The topological polar surface area (TPSA) is 181 Å². The molecule has 3 heterocycles. The van der Waals surface area contributed by atoms with Crippen LogP contribution in [0.2, 0.25) is 5.02 Å². The molecule has 2 fully saturated rings. The maximum atomic E-state index is 15.8. The number of halogens is 3. The van der Waals surface area contributed by atoms with Crippen LogP contribution in [0.3, 0.4) is 0 Å². The average Bonchev–Trinajstić information content (AvgIpc) is 3.51. The largest absolute Gasteiger partial charge is 0.461 e. The van der Waals surface area contributed by atoms with Gasteiger partial charge in [0, 0.05) is 12.7 Å². The molecule has 1 saturated carbocycles. The van der Waals surface area contributed by atoms with Crippen LogP contribution in [0, 0.1) is 5.82 Å². The fraction of sp³-hybridized carbons (Fsp3) is 0.607. The van der Waals surface area contributed by atoms with Gasteiger partial charge >= 0.3 is 13.7 Å². The molecular formula is C28H38ClF2N6O8P. The number of aliphatic hydroxyl groups is 1. The number of esters is 1. The number of fused-ring (bicyclic) bond motifs is 1. The SMILES string of the molecule is CCOC1N=C(N)Nc2c1ncn2[C@@H]1O[C@H](COP(=O)(N[C@@H](C)C(=O)OC2CCCCC2)Oc2ccc(F)c(Cl)c2)[C@@H](F)[C@@]1(C)O. The van der Waals surface area contributed by atoms with Crippen molar-refractivity contribution in [3.63, 3.8) is 0 Å². The Kier molecular flexibility index (Phi) is 10.6. The van der Waals surface area contributed by atoms with Crippen molar-refractivity contribution in [3.8, 4) is 5.75 Å². The molecule has 14 nitrogen and oxygen atoms in total. The Morgan fingerprint density at radius 1 is 1.37 bits per heavy atom. The number of carbonyl (C=O) groups is 1. The van der Waals surface area contributed by atoms with E-state index in [-0.39, 0.29) is 28.7 Å². The second-order valence-electron chi connectivity index (χ2n) is 11.5. The quantitative estimate of drug-likeness (QED) is 0.181. The summed E-state index contributed by atoms with van der Waals surface area (Å²) in [5.41, 5.74) is 4.13. The molecule has 3 aliphatic rings. The van der Waals surface area contributed by atoms with E-state index in [1.54, 1.807) is 6.92 Å². The Balaban J connectivity index is 1.33. The van der Waals surface area contributed by atoms with Crippen molar-refractivity contribution < 1.29 is 46.5 Å². The number of nitrogens with zero attached hydrogens (tertiary/aromatic N) is 3. The fourth-order valence-electron chi connectivity index (χ4n) is 5.51. The van der Waals surface area contributed by atoms with Gasteiger partial charge in [-0.05, 0) is 58.6 Å². The zero-order valence-corrected chi connectivity index (χ0v) is 27.2. The number of rotatable bonds is 12. The number of benzene rings is 1. The first-order chi connectivity index (χ1) is 21.8. The number of hydrogen-bond acceptors (Lipinski definition) is 12. The van der Waals surface area contributed by atoms with E-state index >= 15 is 4.39 Å². The van der Waals surface area contributed by atoms with E-state index in [0.29, 0.717) is 12.3 Å². The second-order valence-corrected chi connectivity index (χ2v) is 13.6. The summed E-state index contributed by atoms with van der Waals surface area (Å²) in [5.74, 6) is -1.29. The lowest BCUT2D eigenvalue weighted by Crippen LogP contribution is -2.42. The standard InChI is InChI=1S/C28H38ClF2N6O8P/c1-4-41-24-21-23(34-27(32)35-24)37(14-33-21)26-28(3,39)22(31)20(44-26)13-42-46(40,45-17-10-11-19(30)18(29)12-17)36-15(2)25(38)43-16-8-6-5-7-9-16/h10-12,14-16,20,22,24,26,39H,4-9,13H2,1-3H3,(H,36,40)(H3,32,34,35)/t15-,20+,22+,24?,26+,28+,46?/m0/s1. The van der Waals surface area contributed by atoms with Crippen molar-refractivity contribution in [2.75, 3.05) is 18.5 Å². The Bertz CT molecular complexity index is 1490. The van der Waals surface area contributed by atoms with Crippen LogP contribution in [-0.2, 0) is 28.1 Å². The number of nitrogens with one attached hydrogen (secondary N) is 2. The summed E-state index contributed by atoms with van der Waals surface area (Å²) in [4.78, 5) is 21.3. The molecular weight excluding hydrogens is 653 g/mol. The molecule has 1 aromatic carbocycles. The number of aromatic nitrogens is 2. The van der Waals surface area contributed by atoms with E-state index in [2.05, 4.69) is 20.4 Å². The summed E-state index contributed by atoms with van der Waals surface area (Å²) in [6.45, 7) is 4.03. The third kappa shape index (κ3) is 7.48. The monoisotopic (exact) mass is 690 g/mol. The molecule has 1 aliphatic carbocycles. The molecule has 0 spiro atoms. The number of aliphatic imine (C=N–C) groups is 1. The maximum absolute atomic E-state index is 15.8. The Morgan fingerprint density at radius 2 is 2.11 bits per heavy atom. The van der Waals surface area contributed by atoms with E-state index in [1.807, 2.05) is 0 Å². The Hall–Kier alpha value is -2.85. The van der Waals surface area contributed by atoms with Gasteiger partial charge in [-0.15, -0.1) is 0 Å². The summed E-state index contributed by atoms with van der Waals surface area (Å²) >= 11 is 5.88. The molecule has 1 aromatic heterocycles. The summed E-state index contributed by atoms with van der Waals surface area (Å²) < 4.78 is 73.2. The summed E-state index contributed by atoms with van der Waals surface area (Å²) in [7, 11) is -4.52. The lowest BCUT2D eigenvalue weighted by Gasteiger charge is -2.29. The van der Waals surface area contributed by atoms with Gasteiger partial charge in [0.2, 0.25) is 0 Å². The number of nitrogens with two attached hydrogens (primary N) is 1. The molecule has 2 unspecified atom stereocenters. The third-order valence-corrected chi connectivity index (χ3v) is 9.82. The molecule has 0 amide bonds. The van der Waals surface area contributed by atoms with Gasteiger partial charge in [0.05, 0.1) is 18.0 Å². The molecule has 254 valence electrons. The van der Waals surface area contributed by atoms with Crippen molar-refractivity contribution in [2.45, 2.75) is 95.4 Å². The van der Waals surface area contributed by atoms with Gasteiger partial charge in [-0.1, -0.05) is 18.0 Å². The maximum Gasteiger partial charge on any atom is 0.459 e. The highest BCUT2D eigenvalue weighted by atomic mass is 35.5. The molecule has 18 heteroatoms. The average molecular weight is 691 g/mol. The smallest absolute Gasteiger partial charge is 0.459 e. The van der Waals surface area contributed by atoms with Crippen molar-refractivity contribution in [2.24, 2.45) is 10.7 Å². The Morgan fingerprint density at radius 3 is 2.80 bits per heavy atom. The van der Waals surface area contributed by atoms with Crippen LogP contribution in [0.4, 0.5) is 14.6 Å². The van der Waals surface area contributed by atoms with Crippen LogP contribution in [0.1, 0.15) is 71.0 Å². The van der Waals surface area contributed by atoms with E-state index in [9.17, 15) is 18.9 Å². The van der Waals surface area contributed by atoms with Gasteiger partial charge in [-0.3, -0.25) is 13.9 Å². The number of guanidine groups is 1. The Labute approximate surface area is 269 Å². The predicted molar refractivity (Wildman–Crippen MR) is 162 cm³/mol. The number of ether oxygens (including phenoxy) is 3. The first-order valence-electron chi connectivity index (χ1n) is 15.0. The highest BCUT2D eigenvalue weighted by molar-refractivity contribution is 7.52. The van der Waals surface area contributed by atoms with Gasteiger partial charge < -0.3 is 34.9 Å². The number of imidazole rings is 1. The van der Waals surface area contributed by atoms with Crippen molar-refractivity contribution in [1.82, 2.24) is 14.6 Å². The highest BCUT2D eigenvalue weighted by Crippen LogP contribution is 2.49. The minimum absolute atomic E-state index is 0.0169. The van der Waals surface area contributed by atoms with E-state index < -0.39 is 62.5 Å². The zero-order chi connectivity index (χ0) is 33.2. The van der Waals surface area contributed by atoms with Crippen LogP contribution in [0.25, 0.3) is 0 Å². The first kappa shape index (κ1) is 34.5. The predicted octanol–water partition coefficient (Wildman–Crippen LogP) is 4.50. The van der Waals surface area contributed by atoms with E-state index in [0.717, 1.165) is 50.3 Å². The van der Waals surface area contributed by atoms with E-state index in [4.69, 9.17) is 40.6 Å². The van der Waals surface area contributed by atoms with Crippen LogP contribution >= 0.6 is 19.3 Å². The summed E-state index contributed by atoms with van der Waals surface area (Å²) in [5, 5.41) is 16.3. The first-order valence-corrected chi connectivity index (χ1v) is 16.9. The van der Waals surface area contributed by atoms with Crippen LogP contribution in [-0.4, -0.2) is 69.8 Å². The molecule has 0 bridgehead atoms. The van der Waals surface area contributed by atoms with Gasteiger partial charge in [0.15, 0.2) is 24.6 Å². The summed E-state index contributed by atoms with van der Waals surface area (Å²) in [6.07, 6.45) is -0.303. The van der Waals surface area contributed by atoms with Crippen molar-refractivity contribution in [3.05, 3.63) is 41.1 Å². The van der Waals surface area contributed by atoms with Crippen LogP contribution < -0.4 is 20.7 Å². The molecule has 0 radical (unpaired) electrons. The molecule has 7 atom stereocenters. The molecule has 46 heavy (non-hydrogen) atoms. The van der Waals surface area contributed by atoms with Gasteiger partial charge in [-0.25, -0.2) is 23.3 Å². The minimum atomic E-state index is -4.52. The minimum Gasteiger partial charge on any atom is -0.461 e.